The van der Waals surface area contributed by atoms with Crippen molar-refractivity contribution >= 4 is 22.3 Å². The maximum Gasteiger partial charge on any atom is 0.359 e. The summed E-state index contributed by atoms with van der Waals surface area (Å²) in [4.78, 5) is 15.4. The first kappa shape index (κ1) is 11.9. The molecule has 5 nitrogen and oxygen atoms in total. The van der Waals surface area contributed by atoms with E-state index in [0.717, 1.165) is 0 Å². The highest BCUT2D eigenvalue weighted by Crippen LogP contribution is 2.31. The Morgan fingerprint density at radius 3 is 2.53 bits per heavy atom. The van der Waals surface area contributed by atoms with Gasteiger partial charge in [0.25, 0.3) is 0 Å². The van der Waals surface area contributed by atoms with Gasteiger partial charge in [-0.25, -0.2) is 9.78 Å². The lowest BCUT2D eigenvalue weighted by Crippen LogP contribution is -2.19. The molecule has 1 heterocycles. The maximum absolute atomic E-state index is 11.3. The first-order valence-electron chi connectivity index (χ1n) is 4.32. The number of aromatic nitrogens is 1. The molecule has 1 rings (SSSR count). The second-order valence-electron chi connectivity index (χ2n) is 3.44. The summed E-state index contributed by atoms with van der Waals surface area (Å²) in [6.45, 7) is 3.71. The fourth-order valence-electron chi connectivity index (χ4n) is 0.920. The molecule has 0 fully saturated rings. The Morgan fingerprint density at radius 2 is 2.07 bits per heavy atom. The molecule has 0 aromatic carbocycles. The number of anilines is 1. The molecule has 0 aliphatic rings. The maximum atomic E-state index is 11.3. The van der Waals surface area contributed by atoms with Gasteiger partial charge in [-0.05, 0) is 13.8 Å². The van der Waals surface area contributed by atoms with Crippen molar-refractivity contribution in [2.75, 3.05) is 20.0 Å². The zero-order valence-electron chi connectivity index (χ0n) is 9.16. The van der Waals surface area contributed by atoms with E-state index in [4.69, 9.17) is 10.5 Å². The van der Waals surface area contributed by atoms with Crippen molar-refractivity contribution in [3.05, 3.63) is 10.7 Å². The van der Waals surface area contributed by atoms with E-state index < -0.39 is 11.6 Å². The topological polar surface area (TPSA) is 74.4 Å². The predicted molar refractivity (Wildman–Crippen MR) is 57.9 cm³/mol. The summed E-state index contributed by atoms with van der Waals surface area (Å²) in [5.74, 6) is -0.526. The minimum atomic E-state index is -0.551. The van der Waals surface area contributed by atoms with E-state index >= 15 is 0 Å². The van der Waals surface area contributed by atoms with Gasteiger partial charge in [-0.15, -0.1) is 0 Å². The Hall–Kier alpha value is -1.14. The van der Waals surface area contributed by atoms with Gasteiger partial charge in [0.15, 0.2) is 5.69 Å². The smallest absolute Gasteiger partial charge is 0.359 e. The molecule has 2 N–H and O–H groups in total. The lowest BCUT2D eigenvalue weighted by atomic mass is 10.1. The molecule has 0 spiro atoms. The molecule has 0 saturated carbocycles. The average Bonchev–Trinajstić information content (AvgIpc) is 2.60. The van der Waals surface area contributed by atoms with Gasteiger partial charge < -0.3 is 15.2 Å². The van der Waals surface area contributed by atoms with Crippen molar-refractivity contribution < 1.29 is 14.3 Å². The predicted octanol–water partition coefficient (Wildman–Crippen LogP) is 1.39. The summed E-state index contributed by atoms with van der Waals surface area (Å²) in [6.07, 6.45) is 0. The highest BCUT2D eigenvalue weighted by atomic mass is 32.1. The van der Waals surface area contributed by atoms with E-state index in [-0.39, 0.29) is 5.69 Å². The highest BCUT2D eigenvalue weighted by molar-refractivity contribution is 7.16. The third-order valence-corrected chi connectivity index (χ3v) is 3.25. The fraction of sp³-hybridized carbons (Fsp3) is 0.556. The van der Waals surface area contributed by atoms with Crippen molar-refractivity contribution in [3.63, 3.8) is 0 Å². The van der Waals surface area contributed by atoms with Crippen LogP contribution in [0.25, 0.3) is 0 Å². The summed E-state index contributed by atoms with van der Waals surface area (Å²) in [6, 6.07) is 0. The number of carbonyl (C=O) groups excluding carboxylic acids is 1. The number of hydrogen-bond donors (Lipinski definition) is 1. The molecule has 1 aromatic heterocycles. The highest BCUT2D eigenvalue weighted by Gasteiger charge is 2.27. The molecular weight excluding hydrogens is 216 g/mol. The van der Waals surface area contributed by atoms with Crippen LogP contribution in [0.1, 0.15) is 29.3 Å². The molecule has 6 heteroatoms. The number of hydrogen-bond acceptors (Lipinski definition) is 6. The van der Waals surface area contributed by atoms with Gasteiger partial charge >= 0.3 is 5.97 Å². The third kappa shape index (κ3) is 2.27. The number of carbonyl (C=O) groups is 1. The molecule has 0 unspecified atom stereocenters. The second-order valence-corrected chi connectivity index (χ2v) is 4.47. The Morgan fingerprint density at radius 1 is 1.47 bits per heavy atom. The normalized spacial score (nSPS) is 11.5. The van der Waals surface area contributed by atoms with Gasteiger partial charge in [-0.1, -0.05) is 11.3 Å². The van der Waals surface area contributed by atoms with Gasteiger partial charge in [0.2, 0.25) is 0 Å². The van der Waals surface area contributed by atoms with Crippen molar-refractivity contribution in [3.8, 4) is 0 Å². The first-order chi connectivity index (χ1) is 6.92. The summed E-state index contributed by atoms with van der Waals surface area (Å²) < 4.78 is 9.81. The van der Waals surface area contributed by atoms with Crippen LogP contribution >= 0.6 is 11.3 Å². The molecule has 0 radical (unpaired) electrons. The molecule has 15 heavy (non-hydrogen) atoms. The van der Waals surface area contributed by atoms with E-state index in [9.17, 15) is 4.79 Å². The molecule has 0 atom stereocenters. The monoisotopic (exact) mass is 230 g/mol. The van der Waals surface area contributed by atoms with Crippen molar-refractivity contribution in [1.82, 2.24) is 4.98 Å². The van der Waals surface area contributed by atoms with E-state index in [2.05, 4.69) is 9.72 Å². The van der Waals surface area contributed by atoms with Gasteiger partial charge in [0.1, 0.15) is 15.6 Å². The summed E-state index contributed by atoms with van der Waals surface area (Å²) in [5.41, 5.74) is 5.27. The fourth-order valence-corrected chi connectivity index (χ4v) is 1.82. The minimum Gasteiger partial charge on any atom is -0.464 e. The Bertz CT molecular complexity index is 373. The third-order valence-electron chi connectivity index (χ3n) is 2.06. The quantitative estimate of drug-likeness (QED) is 0.794. The molecule has 0 saturated heterocycles. The van der Waals surface area contributed by atoms with Crippen LogP contribution in [0.4, 0.5) is 5.00 Å². The van der Waals surface area contributed by atoms with Gasteiger partial charge in [-0.2, -0.15) is 0 Å². The number of nitrogens with two attached hydrogens (primary N) is 1. The van der Waals surface area contributed by atoms with Crippen LogP contribution in [-0.4, -0.2) is 25.2 Å². The Balaban J connectivity index is 3.11. The molecule has 0 amide bonds. The zero-order valence-corrected chi connectivity index (χ0v) is 9.97. The number of thiazole rings is 1. The minimum absolute atomic E-state index is 0.155. The SMILES string of the molecule is COC(=O)c1nc(C(C)(C)OC)sc1N. The molecule has 1 aromatic rings. The van der Waals surface area contributed by atoms with Crippen molar-refractivity contribution in [2.24, 2.45) is 0 Å². The van der Waals surface area contributed by atoms with Gasteiger partial charge in [0.05, 0.1) is 7.11 Å². The van der Waals surface area contributed by atoms with Gasteiger partial charge in [-0.3, -0.25) is 0 Å². The van der Waals surface area contributed by atoms with Crippen LogP contribution < -0.4 is 5.73 Å². The van der Waals surface area contributed by atoms with Crippen LogP contribution in [0.2, 0.25) is 0 Å². The second kappa shape index (κ2) is 4.16. The van der Waals surface area contributed by atoms with Crippen LogP contribution in [0.15, 0.2) is 0 Å². The first-order valence-corrected chi connectivity index (χ1v) is 5.14. The van der Waals surface area contributed by atoms with Crippen molar-refractivity contribution in [2.45, 2.75) is 19.4 Å². The van der Waals surface area contributed by atoms with Crippen LogP contribution in [0.5, 0.6) is 0 Å². The van der Waals surface area contributed by atoms with E-state index in [0.29, 0.717) is 10.0 Å². The van der Waals surface area contributed by atoms with Crippen molar-refractivity contribution in [1.29, 1.82) is 0 Å². The molecule has 0 bridgehead atoms. The summed E-state index contributed by atoms with van der Waals surface area (Å²) >= 11 is 1.23. The summed E-state index contributed by atoms with van der Waals surface area (Å²) in [7, 11) is 2.87. The number of nitrogens with zero attached hydrogens (tertiary/aromatic N) is 1. The standard InChI is InChI=1S/C9H14N2O3S/c1-9(2,14-4)8-11-5(6(10)15-8)7(12)13-3/h10H2,1-4H3. The van der Waals surface area contributed by atoms with E-state index in [1.165, 1.54) is 18.4 Å². The number of rotatable bonds is 3. The number of ether oxygens (including phenoxy) is 2. The van der Waals surface area contributed by atoms with E-state index in [1.807, 2.05) is 13.8 Å². The van der Waals surface area contributed by atoms with Gasteiger partial charge in [0, 0.05) is 7.11 Å². The molecule has 0 aliphatic heterocycles. The number of methoxy groups -OCH3 is 2. The van der Waals surface area contributed by atoms with Crippen LogP contribution in [-0.2, 0) is 15.1 Å². The molecular formula is C9H14N2O3S. The Kier molecular flexibility index (Phi) is 3.31. The Labute approximate surface area is 92.2 Å². The average molecular weight is 230 g/mol. The number of esters is 1. The molecule has 0 aliphatic carbocycles. The van der Waals surface area contributed by atoms with Crippen LogP contribution in [0, 0.1) is 0 Å². The lowest BCUT2D eigenvalue weighted by molar-refractivity contribution is 0.0188. The summed E-state index contributed by atoms with van der Waals surface area (Å²) in [5, 5.41) is 1.00. The van der Waals surface area contributed by atoms with Crippen LogP contribution in [0.3, 0.4) is 0 Å². The lowest BCUT2D eigenvalue weighted by Gasteiger charge is -2.19. The zero-order chi connectivity index (χ0) is 11.6. The number of nitrogen functional groups attached to an aromatic ring is 1. The molecule has 84 valence electrons. The van der Waals surface area contributed by atoms with E-state index in [1.54, 1.807) is 7.11 Å². The largest absolute Gasteiger partial charge is 0.464 e.